The number of nitrogens with zero attached hydrogens (tertiary/aromatic N) is 2. The third-order valence-electron chi connectivity index (χ3n) is 5.22. The van der Waals surface area contributed by atoms with E-state index in [1.807, 2.05) is 0 Å². The fourth-order valence-electron chi connectivity index (χ4n) is 3.98. The van der Waals surface area contributed by atoms with Gasteiger partial charge in [-0.1, -0.05) is 0 Å². The van der Waals surface area contributed by atoms with Crippen LogP contribution in [0.5, 0.6) is 0 Å². The number of sulfone groups is 1. The zero-order chi connectivity index (χ0) is 16.7. The summed E-state index contributed by atoms with van der Waals surface area (Å²) in [6.45, 7) is 1.26. The number of carbonyl (C=O) groups excluding carboxylic acids is 1. The number of ether oxygens (including phenoxy) is 1. The van der Waals surface area contributed by atoms with Crippen LogP contribution in [0.1, 0.15) is 53.5 Å². The van der Waals surface area contributed by atoms with E-state index >= 15 is 0 Å². The van der Waals surface area contributed by atoms with Gasteiger partial charge in [0, 0.05) is 18.7 Å². The van der Waals surface area contributed by atoms with Gasteiger partial charge in [0.2, 0.25) is 0 Å². The fraction of sp³-hybridized carbons (Fsp3) is 0.750. The topological polar surface area (TPSA) is 90.3 Å². The van der Waals surface area contributed by atoms with Crippen LogP contribution >= 0.6 is 0 Å². The average Bonchev–Trinajstić information content (AvgIpc) is 3.27. The van der Waals surface area contributed by atoms with Gasteiger partial charge < -0.3 is 10.1 Å². The molecule has 0 aromatic carbocycles. The number of aromatic nitrogens is 2. The van der Waals surface area contributed by atoms with Crippen molar-refractivity contribution in [1.29, 1.82) is 0 Å². The molecular weight excluding hydrogens is 330 g/mol. The van der Waals surface area contributed by atoms with Gasteiger partial charge in [0.15, 0.2) is 9.84 Å². The molecule has 1 N–H and O–H groups in total. The number of hydrogen-bond donors (Lipinski definition) is 1. The summed E-state index contributed by atoms with van der Waals surface area (Å²) in [7, 11) is -3.02. The van der Waals surface area contributed by atoms with Gasteiger partial charge in [0.05, 0.1) is 29.3 Å². The van der Waals surface area contributed by atoms with E-state index in [1.165, 1.54) is 0 Å². The van der Waals surface area contributed by atoms with Gasteiger partial charge in [-0.05, 0) is 38.5 Å². The lowest BCUT2D eigenvalue weighted by atomic mass is 10.1. The highest BCUT2D eigenvalue weighted by atomic mass is 32.2. The lowest BCUT2D eigenvalue weighted by Gasteiger charge is -2.16. The molecule has 3 aliphatic rings. The third kappa shape index (κ3) is 2.97. The molecule has 24 heavy (non-hydrogen) atoms. The quantitative estimate of drug-likeness (QED) is 0.858. The summed E-state index contributed by atoms with van der Waals surface area (Å²) in [4.78, 5) is 12.8. The van der Waals surface area contributed by atoms with E-state index in [4.69, 9.17) is 4.74 Å². The van der Waals surface area contributed by atoms with Crippen LogP contribution in [-0.4, -0.2) is 54.9 Å². The van der Waals surface area contributed by atoms with Crippen LogP contribution < -0.4 is 5.32 Å². The molecule has 2 fully saturated rings. The number of nitrogens with one attached hydrogen (secondary N) is 1. The predicted octanol–water partition coefficient (Wildman–Crippen LogP) is 0.640. The molecule has 1 amide bonds. The Kier molecular flexibility index (Phi) is 4.12. The summed E-state index contributed by atoms with van der Waals surface area (Å²) in [5.74, 6) is 0.115. The summed E-state index contributed by atoms with van der Waals surface area (Å²) in [5.41, 5.74) is 2.54. The largest absolute Gasteiger partial charge is 0.376 e. The Morgan fingerprint density at radius 1 is 1.29 bits per heavy atom. The fourth-order valence-corrected chi connectivity index (χ4v) is 5.67. The minimum atomic E-state index is -3.02. The summed E-state index contributed by atoms with van der Waals surface area (Å²) >= 11 is 0. The predicted molar refractivity (Wildman–Crippen MR) is 87.9 cm³/mol. The first-order valence-corrected chi connectivity index (χ1v) is 10.6. The molecule has 2 saturated heterocycles. The van der Waals surface area contributed by atoms with Crippen molar-refractivity contribution in [2.75, 3.05) is 24.7 Å². The third-order valence-corrected chi connectivity index (χ3v) is 6.97. The summed E-state index contributed by atoms with van der Waals surface area (Å²) in [6.07, 6.45) is 5.35. The van der Waals surface area contributed by atoms with Crippen LogP contribution in [0.3, 0.4) is 0 Å². The van der Waals surface area contributed by atoms with Crippen LogP contribution in [0.15, 0.2) is 0 Å². The monoisotopic (exact) mass is 353 g/mol. The molecular formula is C16H23N3O4S. The number of amides is 1. The van der Waals surface area contributed by atoms with Gasteiger partial charge in [0.1, 0.15) is 5.69 Å². The van der Waals surface area contributed by atoms with E-state index in [9.17, 15) is 13.2 Å². The standard InChI is InChI=1S/C16H23N3O4S/c20-16(17-9-12-3-2-7-23-12)15-13-4-1-5-14(13)18-19(15)11-6-8-24(21,22)10-11/h11-12H,1-10H2,(H,17,20)/t11-,12+/m0/s1. The highest BCUT2D eigenvalue weighted by Gasteiger charge is 2.35. The Hall–Kier alpha value is -1.41. The summed E-state index contributed by atoms with van der Waals surface area (Å²) in [5, 5.41) is 7.57. The molecule has 0 saturated carbocycles. The molecule has 0 unspecified atom stereocenters. The van der Waals surface area contributed by atoms with Crippen molar-refractivity contribution in [3.63, 3.8) is 0 Å². The van der Waals surface area contributed by atoms with Gasteiger partial charge >= 0.3 is 0 Å². The van der Waals surface area contributed by atoms with Crippen LogP contribution in [-0.2, 0) is 27.4 Å². The molecule has 0 spiro atoms. The Morgan fingerprint density at radius 3 is 2.88 bits per heavy atom. The van der Waals surface area contributed by atoms with Gasteiger partial charge in [-0.3, -0.25) is 9.48 Å². The van der Waals surface area contributed by atoms with E-state index < -0.39 is 9.84 Å². The molecule has 8 heteroatoms. The van der Waals surface area contributed by atoms with Crippen LogP contribution in [0.4, 0.5) is 0 Å². The zero-order valence-corrected chi connectivity index (χ0v) is 14.5. The van der Waals surface area contributed by atoms with Crippen molar-refractivity contribution in [1.82, 2.24) is 15.1 Å². The van der Waals surface area contributed by atoms with E-state index in [-0.39, 0.29) is 29.6 Å². The van der Waals surface area contributed by atoms with E-state index in [0.29, 0.717) is 18.7 Å². The Balaban J connectivity index is 1.57. The number of carbonyl (C=O) groups is 1. The first-order valence-electron chi connectivity index (χ1n) is 8.74. The van der Waals surface area contributed by atoms with E-state index in [2.05, 4.69) is 10.4 Å². The molecule has 2 aliphatic heterocycles. The average molecular weight is 353 g/mol. The highest BCUT2D eigenvalue weighted by molar-refractivity contribution is 7.91. The van der Waals surface area contributed by atoms with Gasteiger partial charge in [0.25, 0.3) is 5.91 Å². The Bertz CT molecular complexity index is 750. The van der Waals surface area contributed by atoms with Crippen LogP contribution in [0, 0.1) is 0 Å². The molecule has 0 bridgehead atoms. The number of rotatable bonds is 4. The maximum Gasteiger partial charge on any atom is 0.269 e. The second kappa shape index (κ2) is 6.15. The maximum atomic E-state index is 12.8. The number of aryl methyl sites for hydroxylation is 1. The Morgan fingerprint density at radius 2 is 2.17 bits per heavy atom. The van der Waals surface area contributed by atoms with Crippen LogP contribution in [0.2, 0.25) is 0 Å². The highest BCUT2D eigenvalue weighted by Crippen LogP contribution is 2.31. The maximum absolute atomic E-state index is 12.8. The molecule has 4 rings (SSSR count). The first-order chi connectivity index (χ1) is 11.5. The van der Waals surface area contributed by atoms with E-state index in [0.717, 1.165) is 50.0 Å². The van der Waals surface area contributed by atoms with Crippen molar-refractivity contribution in [2.24, 2.45) is 0 Å². The summed E-state index contributed by atoms with van der Waals surface area (Å²) in [6, 6.07) is -0.218. The van der Waals surface area contributed by atoms with Gasteiger partial charge in [-0.2, -0.15) is 5.10 Å². The number of hydrogen-bond acceptors (Lipinski definition) is 5. The molecule has 1 aromatic heterocycles. The lowest BCUT2D eigenvalue weighted by molar-refractivity contribution is 0.0846. The van der Waals surface area contributed by atoms with Crippen molar-refractivity contribution in [3.05, 3.63) is 17.0 Å². The molecule has 3 heterocycles. The SMILES string of the molecule is O=C(NC[C@H]1CCCO1)c1c2c(nn1[C@H]1CCS(=O)(=O)C1)CCC2. The molecule has 0 radical (unpaired) electrons. The Labute approximate surface area is 141 Å². The van der Waals surface area contributed by atoms with Gasteiger partial charge in [-0.25, -0.2) is 8.42 Å². The van der Waals surface area contributed by atoms with Crippen LogP contribution in [0.25, 0.3) is 0 Å². The molecule has 7 nitrogen and oxygen atoms in total. The minimum Gasteiger partial charge on any atom is -0.376 e. The van der Waals surface area contributed by atoms with E-state index in [1.54, 1.807) is 4.68 Å². The lowest BCUT2D eigenvalue weighted by Crippen LogP contribution is -2.34. The van der Waals surface area contributed by atoms with Crippen molar-refractivity contribution >= 4 is 15.7 Å². The number of fused-ring (bicyclic) bond motifs is 1. The zero-order valence-electron chi connectivity index (χ0n) is 13.7. The smallest absolute Gasteiger partial charge is 0.269 e. The van der Waals surface area contributed by atoms with Crippen molar-refractivity contribution in [3.8, 4) is 0 Å². The van der Waals surface area contributed by atoms with Crippen molar-refractivity contribution in [2.45, 2.75) is 50.7 Å². The molecule has 2 atom stereocenters. The minimum absolute atomic E-state index is 0.0829. The molecule has 1 aliphatic carbocycles. The van der Waals surface area contributed by atoms with Gasteiger partial charge in [-0.15, -0.1) is 0 Å². The first kappa shape index (κ1) is 16.1. The normalized spacial score (nSPS) is 28.2. The summed E-state index contributed by atoms with van der Waals surface area (Å²) < 4.78 is 30.9. The molecule has 1 aromatic rings. The molecule has 132 valence electrons. The second-order valence-electron chi connectivity index (χ2n) is 6.97. The second-order valence-corrected chi connectivity index (χ2v) is 9.20. The van der Waals surface area contributed by atoms with Crippen molar-refractivity contribution < 1.29 is 17.9 Å².